The number of anilines is 2. The molecule has 29 heavy (non-hydrogen) atoms. The molecule has 0 bridgehead atoms. The molecule has 0 aliphatic carbocycles. The van der Waals surface area contributed by atoms with Gasteiger partial charge in [-0.05, 0) is 31.2 Å². The lowest BCUT2D eigenvalue weighted by atomic mass is 10.1. The average Bonchev–Trinajstić information content (AvgIpc) is 3.09. The average molecular weight is 395 g/mol. The van der Waals surface area contributed by atoms with Crippen LogP contribution in [0.4, 0.5) is 11.4 Å². The molecule has 1 atom stereocenters. The first-order valence-electron chi connectivity index (χ1n) is 9.07. The zero-order valence-corrected chi connectivity index (χ0v) is 15.9. The Bertz CT molecular complexity index is 955. The van der Waals surface area contributed by atoms with E-state index >= 15 is 0 Å². The maximum Gasteiger partial charge on any atom is 0.311 e. The smallest absolute Gasteiger partial charge is 0.311 e. The largest absolute Gasteiger partial charge is 0.455 e. The van der Waals surface area contributed by atoms with Crippen molar-refractivity contribution in [1.29, 1.82) is 0 Å². The second kappa shape index (κ2) is 8.55. The molecule has 0 saturated carbocycles. The number of hydrogen-bond acceptors (Lipinski definition) is 5. The summed E-state index contributed by atoms with van der Waals surface area (Å²) in [5, 5.41) is 2.49. The molecule has 3 amide bonds. The van der Waals surface area contributed by atoms with Crippen molar-refractivity contribution in [1.82, 2.24) is 0 Å². The lowest BCUT2D eigenvalue weighted by molar-refractivity contribution is -0.151. The molecular formula is C21H21N3O5. The minimum absolute atomic E-state index is 0.0266. The number of rotatable bonds is 6. The minimum atomic E-state index is -0.682. The predicted molar refractivity (Wildman–Crippen MR) is 106 cm³/mol. The van der Waals surface area contributed by atoms with Crippen LogP contribution in [0.25, 0.3) is 0 Å². The van der Waals surface area contributed by atoms with E-state index in [9.17, 15) is 19.2 Å². The summed E-state index contributed by atoms with van der Waals surface area (Å²) in [5.41, 5.74) is 7.45. The fourth-order valence-electron chi connectivity index (χ4n) is 3.09. The molecule has 1 fully saturated rings. The number of nitrogens with two attached hydrogens (primary N) is 1. The highest BCUT2D eigenvalue weighted by molar-refractivity contribution is 6.04. The monoisotopic (exact) mass is 395 g/mol. The number of benzene rings is 2. The Labute approximate surface area is 167 Å². The molecule has 0 radical (unpaired) electrons. The van der Waals surface area contributed by atoms with Crippen molar-refractivity contribution >= 4 is 35.1 Å². The maximum absolute atomic E-state index is 12.3. The quantitative estimate of drug-likeness (QED) is 0.721. The zero-order chi connectivity index (χ0) is 21.0. The number of aryl methyl sites for hydroxylation is 1. The number of amides is 3. The molecule has 8 heteroatoms. The molecular weight excluding hydrogens is 374 g/mol. The third-order valence-corrected chi connectivity index (χ3v) is 4.62. The molecule has 0 unspecified atom stereocenters. The number of carbonyl (C=O) groups excluding carboxylic acids is 4. The third-order valence-electron chi connectivity index (χ3n) is 4.62. The Morgan fingerprint density at radius 2 is 1.83 bits per heavy atom. The number of carbonyl (C=O) groups is 4. The van der Waals surface area contributed by atoms with Crippen LogP contribution in [0, 0.1) is 12.8 Å². The van der Waals surface area contributed by atoms with E-state index < -0.39 is 30.3 Å². The van der Waals surface area contributed by atoms with Gasteiger partial charge in [-0.3, -0.25) is 19.2 Å². The van der Waals surface area contributed by atoms with Gasteiger partial charge in [-0.15, -0.1) is 0 Å². The number of hydrogen-bond donors (Lipinski definition) is 2. The van der Waals surface area contributed by atoms with Crippen molar-refractivity contribution in [3.05, 3.63) is 59.7 Å². The van der Waals surface area contributed by atoms with Crippen LogP contribution >= 0.6 is 0 Å². The van der Waals surface area contributed by atoms with Gasteiger partial charge in [0.05, 0.1) is 17.2 Å². The highest BCUT2D eigenvalue weighted by atomic mass is 16.5. The number of primary amides is 1. The highest BCUT2D eigenvalue weighted by Gasteiger charge is 2.36. The lowest BCUT2D eigenvalue weighted by Gasteiger charge is -2.16. The van der Waals surface area contributed by atoms with Gasteiger partial charge in [-0.2, -0.15) is 0 Å². The highest BCUT2D eigenvalue weighted by Crippen LogP contribution is 2.26. The Kier molecular flexibility index (Phi) is 5.92. The van der Waals surface area contributed by atoms with E-state index in [0.29, 0.717) is 0 Å². The molecule has 3 rings (SSSR count). The molecule has 0 spiro atoms. The van der Waals surface area contributed by atoms with Gasteiger partial charge in [0.25, 0.3) is 11.8 Å². The second-order valence-corrected chi connectivity index (χ2v) is 6.81. The number of nitrogens with zero attached hydrogens (tertiary/aromatic N) is 1. The van der Waals surface area contributed by atoms with Crippen molar-refractivity contribution in [2.24, 2.45) is 11.7 Å². The normalized spacial score (nSPS) is 15.8. The summed E-state index contributed by atoms with van der Waals surface area (Å²) in [5.74, 6) is -2.72. The van der Waals surface area contributed by atoms with Crippen LogP contribution in [0.2, 0.25) is 0 Å². The summed E-state index contributed by atoms with van der Waals surface area (Å²) < 4.78 is 5.07. The van der Waals surface area contributed by atoms with Crippen LogP contribution in [0.3, 0.4) is 0 Å². The van der Waals surface area contributed by atoms with E-state index in [0.717, 1.165) is 11.3 Å². The van der Waals surface area contributed by atoms with Gasteiger partial charge < -0.3 is 20.7 Å². The van der Waals surface area contributed by atoms with Gasteiger partial charge in [0, 0.05) is 18.7 Å². The molecule has 150 valence electrons. The Balaban J connectivity index is 1.54. The maximum atomic E-state index is 12.3. The standard InChI is InChI=1S/C21H21N3O5/c1-13-6-8-15(9-7-13)24-11-14(10-19(24)26)21(28)29-12-18(25)23-17-5-3-2-4-16(17)20(22)27/h2-9,14H,10-12H2,1H3,(H2,22,27)(H,23,25)/t14-/m1/s1. The van der Waals surface area contributed by atoms with Gasteiger partial charge in [-0.25, -0.2) is 0 Å². The minimum Gasteiger partial charge on any atom is -0.455 e. The Morgan fingerprint density at radius 3 is 2.52 bits per heavy atom. The molecule has 2 aromatic rings. The predicted octanol–water partition coefficient (Wildman–Crippen LogP) is 1.63. The van der Waals surface area contributed by atoms with Gasteiger partial charge in [-0.1, -0.05) is 29.8 Å². The number of ether oxygens (including phenoxy) is 1. The summed E-state index contributed by atoms with van der Waals surface area (Å²) >= 11 is 0. The van der Waals surface area contributed by atoms with E-state index in [1.807, 2.05) is 31.2 Å². The molecule has 1 aliphatic rings. The van der Waals surface area contributed by atoms with E-state index in [1.165, 1.54) is 17.0 Å². The third kappa shape index (κ3) is 4.78. The number of esters is 1. The summed E-state index contributed by atoms with van der Waals surface area (Å²) in [7, 11) is 0. The SMILES string of the molecule is Cc1ccc(N2C[C@H](C(=O)OCC(=O)Nc3ccccc3C(N)=O)CC2=O)cc1. The summed E-state index contributed by atoms with van der Waals surface area (Å²) in [6, 6.07) is 13.7. The summed E-state index contributed by atoms with van der Waals surface area (Å²) in [4.78, 5) is 49.5. The van der Waals surface area contributed by atoms with E-state index in [4.69, 9.17) is 10.5 Å². The van der Waals surface area contributed by atoms with Gasteiger partial charge in [0.2, 0.25) is 5.91 Å². The molecule has 0 aromatic heterocycles. The van der Waals surface area contributed by atoms with Gasteiger partial charge in [0.15, 0.2) is 6.61 Å². The topological polar surface area (TPSA) is 119 Å². The second-order valence-electron chi connectivity index (χ2n) is 6.81. The van der Waals surface area contributed by atoms with Crippen molar-refractivity contribution < 1.29 is 23.9 Å². The van der Waals surface area contributed by atoms with Crippen LogP contribution in [0.5, 0.6) is 0 Å². The van der Waals surface area contributed by atoms with Crippen molar-refractivity contribution in [3.63, 3.8) is 0 Å². The molecule has 3 N–H and O–H groups in total. The fraction of sp³-hybridized carbons (Fsp3) is 0.238. The van der Waals surface area contributed by atoms with Crippen LogP contribution in [0.1, 0.15) is 22.3 Å². The first-order valence-corrected chi connectivity index (χ1v) is 9.07. The van der Waals surface area contributed by atoms with Crippen LogP contribution in [0.15, 0.2) is 48.5 Å². The molecule has 1 saturated heterocycles. The molecule has 1 aliphatic heterocycles. The summed E-state index contributed by atoms with van der Waals surface area (Å²) in [6.07, 6.45) is 0.0266. The Morgan fingerprint density at radius 1 is 1.14 bits per heavy atom. The first kappa shape index (κ1) is 20.1. The number of para-hydroxylation sites is 1. The summed E-state index contributed by atoms with van der Waals surface area (Å²) in [6.45, 7) is 1.62. The van der Waals surface area contributed by atoms with Crippen LogP contribution in [-0.2, 0) is 19.1 Å². The molecule has 2 aromatic carbocycles. The van der Waals surface area contributed by atoms with Crippen molar-refractivity contribution in [2.75, 3.05) is 23.4 Å². The van der Waals surface area contributed by atoms with Crippen LogP contribution in [-0.4, -0.2) is 36.8 Å². The van der Waals surface area contributed by atoms with Crippen LogP contribution < -0.4 is 16.0 Å². The molecule has 8 nitrogen and oxygen atoms in total. The Hall–Kier alpha value is -3.68. The molecule has 1 heterocycles. The first-order chi connectivity index (χ1) is 13.8. The van der Waals surface area contributed by atoms with Gasteiger partial charge >= 0.3 is 5.97 Å². The fourth-order valence-corrected chi connectivity index (χ4v) is 3.09. The van der Waals surface area contributed by atoms with E-state index in [2.05, 4.69) is 5.32 Å². The lowest BCUT2D eigenvalue weighted by Crippen LogP contribution is -2.28. The van der Waals surface area contributed by atoms with Crippen molar-refractivity contribution in [2.45, 2.75) is 13.3 Å². The zero-order valence-electron chi connectivity index (χ0n) is 15.9. The van der Waals surface area contributed by atoms with Crippen molar-refractivity contribution in [3.8, 4) is 0 Å². The van der Waals surface area contributed by atoms with E-state index in [1.54, 1.807) is 12.1 Å². The number of nitrogens with one attached hydrogen (secondary N) is 1. The van der Waals surface area contributed by atoms with Gasteiger partial charge in [0.1, 0.15) is 0 Å². The van der Waals surface area contributed by atoms with E-state index in [-0.39, 0.29) is 30.1 Å².